The summed E-state index contributed by atoms with van der Waals surface area (Å²) in [4.78, 5) is 12.3. The fourth-order valence-electron chi connectivity index (χ4n) is 1.89. The van der Waals surface area contributed by atoms with Gasteiger partial charge in [-0.15, -0.1) is 0 Å². The SMILES string of the molecule is CCN[C@H](C)CNC(=O)C(C)(C)c1ccc(Br)cc1. The Morgan fingerprint density at radius 2 is 1.89 bits per heavy atom. The van der Waals surface area contributed by atoms with E-state index < -0.39 is 5.41 Å². The fourth-order valence-corrected chi connectivity index (χ4v) is 2.15. The Balaban J connectivity index is 2.66. The summed E-state index contributed by atoms with van der Waals surface area (Å²) in [6.07, 6.45) is 0. The van der Waals surface area contributed by atoms with Gasteiger partial charge in [-0.05, 0) is 45.0 Å². The molecular formula is C15H23BrN2O. The average molecular weight is 327 g/mol. The number of hydrogen-bond acceptors (Lipinski definition) is 2. The zero-order valence-corrected chi connectivity index (χ0v) is 13.7. The van der Waals surface area contributed by atoms with Gasteiger partial charge in [0.05, 0.1) is 5.41 Å². The largest absolute Gasteiger partial charge is 0.354 e. The highest BCUT2D eigenvalue weighted by atomic mass is 79.9. The van der Waals surface area contributed by atoms with Crippen molar-refractivity contribution < 1.29 is 4.79 Å². The summed E-state index contributed by atoms with van der Waals surface area (Å²) in [7, 11) is 0. The first-order chi connectivity index (χ1) is 8.87. The molecule has 0 aliphatic carbocycles. The summed E-state index contributed by atoms with van der Waals surface area (Å²) >= 11 is 3.41. The number of nitrogens with one attached hydrogen (secondary N) is 2. The van der Waals surface area contributed by atoms with Crippen molar-refractivity contribution in [3.05, 3.63) is 34.3 Å². The first kappa shape index (κ1) is 16.2. The van der Waals surface area contributed by atoms with Crippen LogP contribution in [0.2, 0.25) is 0 Å². The summed E-state index contributed by atoms with van der Waals surface area (Å²) in [6, 6.07) is 8.18. The van der Waals surface area contributed by atoms with E-state index in [-0.39, 0.29) is 11.9 Å². The van der Waals surface area contributed by atoms with Crippen molar-refractivity contribution in [3.63, 3.8) is 0 Å². The first-order valence-corrected chi connectivity index (χ1v) is 7.45. The van der Waals surface area contributed by atoms with Crippen LogP contribution < -0.4 is 10.6 Å². The third kappa shape index (κ3) is 4.62. The summed E-state index contributed by atoms with van der Waals surface area (Å²) < 4.78 is 1.02. The lowest BCUT2D eigenvalue weighted by Gasteiger charge is -2.25. The Bertz CT molecular complexity index is 415. The van der Waals surface area contributed by atoms with E-state index >= 15 is 0 Å². The fraction of sp³-hybridized carbons (Fsp3) is 0.533. The van der Waals surface area contributed by atoms with E-state index in [1.165, 1.54) is 0 Å². The van der Waals surface area contributed by atoms with E-state index in [9.17, 15) is 4.79 Å². The van der Waals surface area contributed by atoms with Crippen LogP contribution in [0.5, 0.6) is 0 Å². The van der Waals surface area contributed by atoms with Crippen molar-refractivity contribution in [3.8, 4) is 0 Å². The van der Waals surface area contributed by atoms with E-state index in [4.69, 9.17) is 0 Å². The minimum atomic E-state index is -0.521. The average Bonchev–Trinajstić information content (AvgIpc) is 2.36. The second-order valence-corrected chi connectivity index (χ2v) is 6.22. The van der Waals surface area contributed by atoms with Crippen LogP contribution in [0.15, 0.2) is 28.7 Å². The van der Waals surface area contributed by atoms with Crippen molar-refractivity contribution in [2.45, 2.75) is 39.2 Å². The minimum absolute atomic E-state index is 0.0552. The smallest absolute Gasteiger partial charge is 0.230 e. The Hall–Kier alpha value is -0.870. The second-order valence-electron chi connectivity index (χ2n) is 5.30. The number of halogens is 1. The van der Waals surface area contributed by atoms with Gasteiger partial charge < -0.3 is 10.6 Å². The van der Waals surface area contributed by atoms with Gasteiger partial charge in [0.1, 0.15) is 0 Å². The summed E-state index contributed by atoms with van der Waals surface area (Å²) in [6.45, 7) is 9.58. The van der Waals surface area contributed by atoms with Crippen LogP contribution in [0.1, 0.15) is 33.3 Å². The highest BCUT2D eigenvalue weighted by molar-refractivity contribution is 9.10. The van der Waals surface area contributed by atoms with Crippen LogP contribution in [0, 0.1) is 0 Å². The zero-order chi connectivity index (χ0) is 14.5. The Kier molecular flexibility index (Phi) is 6.01. The lowest BCUT2D eigenvalue weighted by molar-refractivity contribution is -0.125. The molecule has 0 saturated heterocycles. The summed E-state index contributed by atoms with van der Waals surface area (Å²) in [5.74, 6) is 0.0552. The zero-order valence-electron chi connectivity index (χ0n) is 12.1. The molecule has 0 spiro atoms. The molecule has 1 aromatic carbocycles. The predicted molar refractivity (Wildman–Crippen MR) is 83.3 cm³/mol. The molecule has 0 radical (unpaired) electrons. The number of carbonyl (C=O) groups excluding carboxylic acids is 1. The van der Waals surface area contributed by atoms with Gasteiger partial charge in [0, 0.05) is 17.1 Å². The number of amides is 1. The molecule has 1 amide bonds. The first-order valence-electron chi connectivity index (χ1n) is 6.65. The van der Waals surface area contributed by atoms with Crippen molar-refractivity contribution in [2.24, 2.45) is 0 Å². The maximum Gasteiger partial charge on any atom is 0.230 e. The lowest BCUT2D eigenvalue weighted by Crippen LogP contribution is -2.45. The van der Waals surface area contributed by atoms with Crippen LogP contribution in [0.4, 0.5) is 0 Å². The number of benzene rings is 1. The van der Waals surface area contributed by atoms with Gasteiger partial charge >= 0.3 is 0 Å². The molecule has 0 aliphatic heterocycles. The molecule has 106 valence electrons. The van der Waals surface area contributed by atoms with Crippen LogP contribution in [-0.4, -0.2) is 25.0 Å². The number of hydrogen-bond donors (Lipinski definition) is 2. The number of carbonyl (C=O) groups is 1. The maximum absolute atomic E-state index is 12.3. The van der Waals surface area contributed by atoms with Crippen molar-refractivity contribution in [1.82, 2.24) is 10.6 Å². The second kappa shape index (κ2) is 7.06. The normalized spacial score (nSPS) is 13.1. The minimum Gasteiger partial charge on any atom is -0.354 e. The monoisotopic (exact) mass is 326 g/mol. The van der Waals surface area contributed by atoms with Crippen LogP contribution in [0.3, 0.4) is 0 Å². The van der Waals surface area contributed by atoms with Crippen LogP contribution >= 0.6 is 15.9 Å². The molecule has 3 nitrogen and oxygen atoms in total. The van der Waals surface area contributed by atoms with Crippen LogP contribution in [-0.2, 0) is 10.2 Å². The molecule has 0 saturated carbocycles. The Morgan fingerprint density at radius 1 is 1.32 bits per heavy atom. The van der Waals surface area contributed by atoms with Gasteiger partial charge in [0.2, 0.25) is 5.91 Å². The molecule has 0 aliphatic rings. The standard InChI is InChI=1S/C15H23BrN2O/c1-5-17-11(2)10-18-14(19)15(3,4)12-6-8-13(16)9-7-12/h6-9,11,17H,5,10H2,1-4H3,(H,18,19)/t11-/m1/s1. The highest BCUT2D eigenvalue weighted by Crippen LogP contribution is 2.24. The van der Waals surface area contributed by atoms with Crippen molar-refractivity contribution in [1.29, 1.82) is 0 Å². The number of likely N-dealkylation sites (N-methyl/N-ethyl adjacent to an activating group) is 1. The molecule has 1 aromatic rings. The van der Waals surface area contributed by atoms with E-state index in [1.807, 2.05) is 38.1 Å². The van der Waals surface area contributed by atoms with Gasteiger partial charge in [0.25, 0.3) is 0 Å². The van der Waals surface area contributed by atoms with Gasteiger partial charge in [-0.1, -0.05) is 35.0 Å². The topological polar surface area (TPSA) is 41.1 Å². The quantitative estimate of drug-likeness (QED) is 0.844. The third-order valence-electron chi connectivity index (χ3n) is 3.25. The maximum atomic E-state index is 12.3. The molecule has 0 fully saturated rings. The van der Waals surface area contributed by atoms with E-state index in [2.05, 4.69) is 40.4 Å². The summed E-state index contributed by atoms with van der Waals surface area (Å²) in [5.41, 5.74) is 0.497. The molecular weight excluding hydrogens is 304 g/mol. The van der Waals surface area contributed by atoms with E-state index in [1.54, 1.807) is 0 Å². The molecule has 0 aromatic heterocycles. The van der Waals surface area contributed by atoms with Gasteiger partial charge in [-0.2, -0.15) is 0 Å². The molecule has 1 rings (SSSR count). The third-order valence-corrected chi connectivity index (χ3v) is 3.78. The van der Waals surface area contributed by atoms with E-state index in [0.717, 1.165) is 16.6 Å². The summed E-state index contributed by atoms with van der Waals surface area (Å²) in [5, 5.41) is 6.29. The van der Waals surface area contributed by atoms with Crippen LogP contribution in [0.25, 0.3) is 0 Å². The molecule has 1 atom stereocenters. The lowest BCUT2D eigenvalue weighted by atomic mass is 9.84. The van der Waals surface area contributed by atoms with E-state index in [0.29, 0.717) is 6.54 Å². The Morgan fingerprint density at radius 3 is 2.42 bits per heavy atom. The molecule has 0 bridgehead atoms. The van der Waals surface area contributed by atoms with Gasteiger partial charge in [-0.3, -0.25) is 4.79 Å². The Labute approximate surface area is 124 Å². The van der Waals surface area contributed by atoms with Gasteiger partial charge in [-0.25, -0.2) is 0 Å². The molecule has 4 heteroatoms. The van der Waals surface area contributed by atoms with Gasteiger partial charge in [0.15, 0.2) is 0 Å². The van der Waals surface area contributed by atoms with Crippen molar-refractivity contribution >= 4 is 21.8 Å². The van der Waals surface area contributed by atoms with Crippen molar-refractivity contribution in [2.75, 3.05) is 13.1 Å². The number of rotatable bonds is 6. The predicted octanol–water partition coefficient (Wildman–Crippen LogP) is 2.84. The molecule has 0 unspecified atom stereocenters. The molecule has 0 heterocycles. The molecule has 2 N–H and O–H groups in total. The highest BCUT2D eigenvalue weighted by Gasteiger charge is 2.29. The molecule has 19 heavy (non-hydrogen) atoms.